The van der Waals surface area contributed by atoms with Crippen LogP contribution in [0.15, 0.2) is 28.9 Å². The second-order valence-electron chi connectivity index (χ2n) is 5.66. The maximum Gasteiger partial charge on any atom is 0.287 e. The van der Waals surface area contributed by atoms with E-state index in [1.165, 1.54) is 6.07 Å². The van der Waals surface area contributed by atoms with E-state index in [4.69, 9.17) is 67.2 Å². The molecule has 0 aliphatic rings. The highest BCUT2D eigenvalue weighted by molar-refractivity contribution is 6.55. The zero-order valence-corrected chi connectivity index (χ0v) is 18.0. The molecule has 1 amide bonds. The number of furan rings is 1. The first-order chi connectivity index (χ1) is 13.3. The van der Waals surface area contributed by atoms with Crippen molar-refractivity contribution in [3.05, 3.63) is 66.7 Å². The minimum Gasteiger partial charge on any atom is -0.482 e. The topological polar surface area (TPSA) is 69.3 Å². The van der Waals surface area contributed by atoms with Crippen molar-refractivity contribution < 1.29 is 13.9 Å². The molecule has 0 atom stereocenters. The lowest BCUT2D eigenvalue weighted by atomic mass is 10.3. The first-order valence-corrected chi connectivity index (χ1v) is 9.65. The molecule has 0 unspecified atom stereocenters. The van der Waals surface area contributed by atoms with Crippen molar-refractivity contribution in [2.75, 3.05) is 0 Å². The number of benzene rings is 1. The molecule has 0 aliphatic heterocycles. The summed E-state index contributed by atoms with van der Waals surface area (Å²) in [7, 11) is 1.80. The normalized spacial score (nSPS) is 10.9. The first-order valence-electron chi connectivity index (χ1n) is 7.76. The monoisotopic (exact) mass is 481 g/mol. The maximum absolute atomic E-state index is 12.2. The zero-order valence-electron chi connectivity index (χ0n) is 14.2. The average molecular weight is 484 g/mol. The lowest BCUT2D eigenvalue weighted by Crippen LogP contribution is -2.22. The smallest absolute Gasteiger partial charge is 0.287 e. The molecule has 3 rings (SSSR count). The SMILES string of the molecule is Cn1cc(CNC(=O)c2ccc(COc3c(Cl)c(Cl)c(Cl)c(Cl)c3Cl)o2)cn1. The van der Waals surface area contributed by atoms with Crippen molar-refractivity contribution >= 4 is 63.9 Å². The molecule has 11 heteroatoms. The van der Waals surface area contributed by atoms with E-state index < -0.39 is 0 Å². The van der Waals surface area contributed by atoms with Crippen molar-refractivity contribution in [2.45, 2.75) is 13.2 Å². The van der Waals surface area contributed by atoms with Gasteiger partial charge in [0.25, 0.3) is 5.91 Å². The van der Waals surface area contributed by atoms with Crippen LogP contribution < -0.4 is 10.1 Å². The molecule has 0 fully saturated rings. The van der Waals surface area contributed by atoms with Crippen molar-refractivity contribution in [3.8, 4) is 5.75 Å². The van der Waals surface area contributed by atoms with E-state index in [1.54, 1.807) is 30.2 Å². The van der Waals surface area contributed by atoms with E-state index in [0.29, 0.717) is 12.3 Å². The molecule has 0 aliphatic carbocycles. The Morgan fingerprint density at radius 3 is 2.36 bits per heavy atom. The lowest BCUT2D eigenvalue weighted by Gasteiger charge is -2.12. The summed E-state index contributed by atoms with van der Waals surface area (Å²) in [6, 6.07) is 3.13. The van der Waals surface area contributed by atoms with E-state index >= 15 is 0 Å². The fourth-order valence-corrected chi connectivity index (χ4v) is 3.50. The largest absolute Gasteiger partial charge is 0.482 e. The Kier molecular flexibility index (Phi) is 6.68. The summed E-state index contributed by atoms with van der Waals surface area (Å²) in [4.78, 5) is 12.2. The van der Waals surface area contributed by atoms with Crippen LogP contribution in [0.3, 0.4) is 0 Å². The number of hydrogen-bond donors (Lipinski definition) is 1. The molecule has 0 saturated carbocycles. The van der Waals surface area contributed by atoms with Crippen LogP contribution in [0.5, 0.6) is 5.75 Å². The Bertz CT molecular complexity index is 1000. The van der Waals surface area contributed by atoms with Crippen LogP contribution >= 0.6 is 58.0 Å². The predicted molar refractivity (Wildman–Crippen MR) is 109 cm³/mol. The number of hydrogen-bond acceptors (Lipinski definition) is 4. The van der Waals surface area contributed by atoms with Crippen LogP contribution in [-0.4, -0.2) is 15.7 Å². The highest BCUT2D eigenvalue weighted by Crippen LogP contribution is 2.48. The van der Waals surface area contributed by atoms with Gasteiger partial charge in [0.1, 0.15) is 22.4 Å². The van der Waals surface area contributed by atoms with Gasteiger partial charge >= 0.3 is 0 Å². The van der Waals surface area contributed by atoms with Crippen molar-refractivity contribution in [1.82, 2.24) is 15.1 Å². The van der Waals surface area contributed by atoms with Gasteiger partial charge in [0.2, 0.25) is 0 Å². The summed E-state index contributed by atoms with van der Waals surface area (Å²) in [5, 5.41) is 6.93. The number of amides is 1. The van der Waals surface area contributed by atoms with Crippen molar-refractivity contribution in [1.29, 1.82) is 0 Å². The third-order valence-corrected chi connectivity index (χ3v) is 5.87. The minimum absolute atomic E-state index is 0.0297. The third kappa shape index (κ3) is 4.53. The predicted octanol–water partition coefficient (Wildman–Crippen LogP) is 5.79. The Balaban J connectivity index is 1.64. The van der Waals surface area contributed by atoms with Crippen LogP contribution in [0.2, 0.25) is 25.1 Å². The number of nitrogens with one attached hydrogen (secondary N) is 1. The fraction of sp³-hybridized carbons (Fsp3) is 0.176. The molecular formula is C17H12Cl5N3O3. The lowest BCUT2D eigenvalue weighted by molar-refractivity contribution is 0.0919. The van der Waals surface area contributed by atoms with E-state index in [-0.39, 0.29) is 49.1 Å². The molecule has 1 aromatic carbocycles. The van der Waals surface area contributed by atoms with Gasteiger partial charge in [-0.3, -0.25) is 9.48 Å². The minimum atomic E-state index is -0.372. The Hall–Kier alpha value is -1.57. The second kappa shape index (κ2) is 8.84. The molecule has 1 N–H and O–H groups in total. The number of nitrogens with zero attached hydrogens (tertiary/aromatic N) is 2. The third-order valence-electron chi connectivity index (χ3n) is 3.63. The summed E-state index contributed by atoms with van der Waals surface area (Å²) in [6.45, 7) is 0.274. The molecule has 2 heterocycles. The Morgan fingerprint density at radius 1 is 1.11 bits per heavy atom. The summed E-state index contributed by atoms with van der Waals surface area (Å²) in [5.41, 5.74) is 0.867. The summed E-state index contributed by atoms with van der Waals surface area (Å²) < 4.78 is 12.7. The highest BCUT2D eigenvalue weighted by atomic mass is 35.5. The van der Waals surface area contributed by atoms with Crippen LogP contribution in [0.1, 0.15) is 21.9 Å². The summed E-state index contributed by atoms with van der Waals surface area (Å²) in [5.74, 6) is 0.207. The number of ether oxygens (including phenoxy) is 1. The molecule has 148 valence electrons. The molecule has 0 saturated heterocycles. The highest BCUT2D eigenvalue weighted by Gasteiger charge is 2.21. The van der Waals surface area contributed by atoms with Gasteiger partial charge in [0.05, 0.1) is 21.3 Å². The van der Waals surface area contributed by atoms with E-state index in [2.05, 4.69) is 10.4 Å². The number of aryl methyl sites for hydroxylation is 1. The number of aromatic nitrogens is 2. The number of halogens is 5. The van der Waals surface area contributed by atoms with E-state index in [1.807, 2.05) is 0 Å². The van der Waals surface area contributed by atoms with E-state index in [9.17, 15) is 4.79 Å². The molecule has 0 radical (unpaired) electrons. The molecule has 0 bridgehead atoms. The first kappa shape index (κ1) is 21.1. The van der Waals surface area contributed by atoms with Crippen LogP contribution in [0.4, 0.5) is 0 Å². The van der Waals surface area contributed by atoms with Gasteiger partial charge in [-0.25, -0.2) is 0 Å². The molecule has 2 aromatic heterocycles. The zero-order chi connectivity index (χ0) is 20.4. The molecule has 6 nitrogen and oxygen atoms in total. The summed E-state index contributed by atoms with van der Waals surface area (Å²) in [6.07, 6.45) is 3.47. The average Bonchev–Trinajstić information content (AvgIpc) is 3.32. The molecule has 0 spiro atoms. The molecular weight excluding hydrogens is 471 g/mol. The van der Waals surface area contributed by atoms with Gasteiger partial charge in [0, 0.05) is 25.4 Å². The van der Waals surface area contributed by atoms with Gasteiger partial charge in [-0.1, -0.05) is 58.0 Å². The standard InChI is InChI=1S/C17H12Cl5N3O3/c1-25-6-8(5-24-25)4-23-17(26)10-3-2-9(28-10)7-27-16-14(21)12(19)11(18)13(20)15(16)22/h2-3,5-6H,4,7H2,1H3,(H,23,26). The van der Waals surface area contributed by atoms with Crippen LogP contribution in [0.25, 0.3) is 0 Å². The van der Waals surface area contributed by atoms with Gasteiger partial charge in [-0.2, -0.15) is 5.10 Å². The van der Waals surface area contributed by atoms with E-state index in [0.717, 1.165) is 5.56 Å². The number of carbonyl (C=O) groups excluding carboxylic acids is 1. The van der Waals surface area contributed by atoms with Crippen molar-refractivity contribution in [3.63, 3.8) is 0 Å². The number of rotatable bonds is 6. The molecule has 28 heavy (non-hydrogen) atoms. The molecule has 3 aromatic rings. The maximum atomic E-state index is 12.2. The number of carbonyl (C=O) groups is 1. The summed E-state index contributed by atoms with van der Waals surface area (Å²) >= 11 is 30.2. The van der Waals surface area contributed by atoms with Gasteiger partial charge < -0.3 is 14.5 Å². The Morgan fingerprint density at radius 2 is 1.75 bits per heavy atom. The Labute approximate surface area is 185 Å². The van der Waals surface area contributed by atoms with Crippen molar-refractivity contribution in [2.24, 2.45) is 7.05 Å². The van der Waals surface area contributed by atoms with Gasteiger partial charge in [0.15, 0.2) is 11.5 Å². The van der Waals surface area contributed by atoms with Crippen LogP contribution in [0, 0.1) is 0 Å². The second-order valence-corrected chi connectivity index (χ2v) is 7.55. The fourth-order valence-electron chi connectivity index (χ4n) is 2.26. The quantitative estimate of drug-likeness (QED) is 0.356. The van der Waals surface area contributed by atoms with Gasteiger partial charge in [-0.05, 0) is 12.1 Å². The van der Waals surface area contributed by atoms with Gasteiger partial charge in [-0.15, -0.1) is 0 Å². The van der Waals surface area contributed by atoms with Crippen LogP contribution in [-0.2, 0) is 20.2 Å².